The molecule has 7 nitrogen and oxygen atoms in total. The third kappa shape index (κ3) is 3.89. The summed E-state index contributed by atoms with van der Waals surface area (Å²) in [5.41, 5.74) is 5.93. The number of H-pyrrole nitrogens is 1. The van der Waals surface area contributed by atoms with E-state index in [-0.39, 0.29) is 5.56 Å². The van der Waals surface area contributed by atoms with Crippen LogP contribution in [0.4, 0.5) is 5.69 Å². The van der Waals surface area contributed by atoms with Crippen molar-refractivity contribution in [2.75, 3.05) is 11.4 Å². The number of aromatic nitrogens is 5. The van der Waals surface area contributed by atoms with E-state index in [1.54, 1.807) is 0 Å². The van der Waals surface area contributed by atoms with E-state index in [0.717, 1.165) is 47.1 Å². The molecule has 0 saturated carbocycles. The van der Waals surface area contributed by atoms with Gasteiger partial charge in [0.15, 0.2) is 5.82 Å². The van der Waals surface area contributed by atoms with E-state index in [0.29, 0.717) is 17.9 Å². The Bertz CT molecular complexity index is 1560. The second kappa shape index (κ2) is 8.83. The van der Waals surface area contributed by atoms with Crippen LogP contribution in [0.5, 0.6) is 0 Å². The molecule has 1 aliphatic rings. The number of anilines is 1. The highest BCUT2D eigenvalue weighted by atomic mass is 16.1. The number of nitrogens with zero attached hydrogens (tertiary/aromatic N) is 5. The highest BCUT2D eigenvalue weighted by Crippen LogP contribution is 2.36. The predicted molar refractivity (Wildman–Crippen MR) is 137 cm³/mol. The summed E-state index contributed by atoms with van der Waals surface area (Å²) in [5, 5.41) is 13.9. The minimum atomic E-state index is -0.427. The molecule has 0 radical (unpaired) electrons. The summed E-state index contributed by atoms with van der Waals surface area (Å²) in [7, 11) is 0. The average Bonchev–Trinajstić information content (AvgIpc) is 3.33. The summed E-state index contributed by atoms with van der Waals surface area (Å²) in [6, 6.07) is 26.2. The third-order valence-electron chi connectivity index (χ3n) is 6.85. The van der Waals surface area contributed by atoms with Gasteiger partial charge in [-0.15, -0.1) is 5.10 Å². The molecule has 35 heavy (non-hydrogen) atoms. The maximum absolute atomic E-state index is 13.6. The van der Waals surface area contributed by atoms with Gasteiger partial charge in [-0.1, -0.05) is 66.7 Å². The van der Waals surface area contributed by atoms with Crippen molar-refractivity contribution in [3.05, 3.63) is 117 Å². The quantitative estimate of drug-likeness (QED) is 0.418. The highest BCUT2D eigenvalue weighted by Gasteiger charge is 2.33. The summed E-state index contributed by atoms with van der Waals surface area (Å²) in [4.78, 5) is 19.0. The fraction of sp³-hybridized carbons (Fsp3) is 0.214. The van der Waals surface area contributed by atoms with Gasteiger partial charge in [0.05, 0.1) is 12.1 Å². The van der Waals surface area contributed by atoms with Gasteiger partial charge in [-0.3, -0.25) is 4.79 Å². The lowest BCUT2D eigenvalue weighted by Gasteiger charge is -2.37. The van der Waals surface area contributed by atoms with Gasteiger partial charge in [-0.05, 0) is 64.4 Å². The maximum Gasteiger partial charge on any atom is 0.254 e. The van der Waals surface area contributed by atoms with Crippen LogP contribution in [0.25, 0.3) is 10.9 Å². The van der Waals surface area contributed by atoms with E-state index in [1.165, 1.54) is 5.56 Å². The second-order valence-corrected chi connectivity index (χ2v) is 9.10. The van der Waals surface area contributed by atoms with Gasteiger partial charge < -0.3 is 9.88 Å². The molecule has 0 spiro atoms. The average molecular weight is 463 g/mol. The molecule has 1 aliphatic heterocycles. The fourth-order valence-corrected chi connectivity index (χ4v) is 5.16. The van der Waals surface area contributed by atoms with Crippen molar-refractivity contribution < 1.29 is 0 Å². The van der Waals surface area contributed by atoms with E-state index in [4.69, 9.17) is 0 Å². The van der Waals surface area contributed by atoms with E-state index in [1.807, 2.05) is 54.1 Å². The second-order valence-electron chi connectivity index (χ2n) is 9.10. The molecule has 0 bridgehead atoms. The molecule has 0 unspecified atom stereocenters. The van der Waals surface area contributed by atoms with Crippen LogP contribution in [0.3, 0.4) is 0 Å². The number of aromatic amines is 1. The van der Waals surface area contributed by atoms with Gasteiger partial charge in [0, 0.05) is 17.8 Å². The molecule has 5 aromatic rings. The molecule has 6 rings (SSSR count). The summed E-state index contributed by atoms with van der Waals surface area (Å²) >= 11 is 0. The summed E-state index contributed by atoms with van der Waals surface area (Å²) in [6.45, 7) is 3.35. The van der Waals surface area contributed by atoms with Crippen LogP contribution in [-0.2, 0) is 13.0 Å². The number of para-hydroxylation sites is 2. The number of tetrazole rings is 1. The topological polar surface area (TPSA) is 79.7 Å². The first-order valence-corrected chi connectivity index (χ1v) is 12.0. The number of hydrogen-bond donors (Lipinski definition) is 1. The number of hydrogen-bond acceptors (Lipinski definition) is 5. The standard InChI is InChI=1S/C28H26N6O/c1-19-9-7-13-22-17-23(28(35)29-25(19)22)26(33-16-8-14-21-12-5-6-15-24(21)33)27-30-31-32-34(27)18-20-10-3-2-4-11-20/h2-7,9-13,15,17,26H,8,14,16,18H2,1H3,(H,29,35)/t26-/m1/s1. The Morgan fingerprint density at radius 3 is 2.71 bits per heavy atom. The van der Waals surface area contributed by atoms with Crippen molar-refractivity contribution in [3.8, 4) is 0 Å². The molecular formula is C28H26N6O. The summed E-state index contributed by atoms with van der Waals surface area (Å²) < 4.78 is 1.82. The SMILES string of the molecule is Cc1cccc2cc([C@H](c3nnnn3Cc3ccccc3)N3CCCc4ccccc43)c(=O)[nH]c12. The van der Waals surface area contributed by atoms with Crippen LogP contribution in [0.2, 0.25) is 0 Å². The Labute approximate surface area is 203 Å². The molecule has 174 valence electrons. The minimum Gasteiger partial charge on any atom is -0.357 e. The smallest absolute Gasteiger partial charge is 0.254 e. The number of aryl methyl sites for hydroxylation is 2. The Hall–Kier alpha value is -4.26. The largest absolute Gasteiger partial charge is 0.357 e. The number of rotatable bonds is 5. The Balaban J connectivity index is 1.55. The molecule has 3 heterocycles. The zero-order valence-electron chi connectivity index (χ0n) is 19.6. The van der Waals surface area contributed by atoms with Gasteiger partial charge in [-0.2, -0.15) is 0 Å². The van der Waals surface area contributed by atoms with E-state index < -0.39 is 6.04 Å². The Kier molecular flexibility index (Phi) is 5.37. The van der Waals surface area contributed by atoms with Gasteiger partial charge in [0.25, 0.3) is 5.56 Å². The minimum absolute atomic E-state index is 0.117. The van der Waals surface area contributed by atoms with Crippen molar-refractivity contribution in [1.29, 1.82) is 0 Å². The van der Waals surface area contributed by atoms with Gasteiger partial charge in [0.2, 0.25) is 0 Å². The number of fused-ring (bicyclic) bond motifs is 2. The zero-order valence-corrected chi connectivity index (χ0v) is 19.6. The lowest BCUT2D eigenvalue weighted by Crippen LogP contribution is -2.38. The normalized spacial score (nSPS) is 14.1. The third-order valence-corrected chi connectivity index (χ3v) is 6.85. The molecule has 0 amide bonds. The van der Waals surface area contributed by atoms with E-state index >= 15 is 0 Å². The molecule has 2 aromatic heterocycles. The maximum atomic E-state index is 13.6. The lowest BCUT2D eigenvalue weighted by atomic mass is 9.96. The van der Waals surface area contributed by atoms with E-state index in [2.05, 4.69) is 61.8 Å². The molecule has 0 saturated heterocycles. The van der Waals surface area contributed by atoms with Crippen molar-refractivity contribution in [2.24, 2.45) is 0 Å². The summed E-state index contributed by atoms with van der Waals surface area (Å²) in [5.74, 6) is 0.656. The van der Waals surface area contributed by atoms with Crippen LogP contribution in [0, 0.1) is 6.92 Å². The van der Waals surface area contributed by atoms with Crippen molar-refractivity contribution in [1.82, 2.24) is 25.2 Å². The Morgan fingerprint density at radius 1 is 1.00 bits per heavy atom. The van der Waals surface area contributed by atoms with Gasteiger partial charge >= 0.3 is 0 Å². The van der Waals surface area contributed by atoms with Gasteiger partial charge in [-0.25, -0.2) is 4.68 Å². The number of pyridine rings is 1. The van der Waals surface area contributed by atoms with Gasteiger partial charge in [0.1, 0.15) is 6.04 Å². The molecule has 1 atom stereocenters. The number of nitrogens with one attached hydrogen (secondary N) is 1. The first kappa shape index (κ1) is 21.3. The monoisotopic (exact) mass is 462 g/mol. The van der Waals surface area contributed by atoms with Crippen molar-refractivity contribution in [2.45, 2.75) is 32.4 Å². The molecule has 7 heteroatoms. The van der Waals surface area contributed by atoms with Crippen LogP contribution in [0.15, 0.2) is 83.7 Å². The first-order chi connectivity index (χ1) is 17.2. The molecule has 1 N–H and O–H groups in total. The molecule has 0 aliphatic carbocycles. The fourth-order valence-electron chi connectivity index (χ4n) is 5.16. The molecule has 0 fully saturated rings. The van der Waals surface area contributed by atoms with Crippen molar-refractivity contribution in [3.63, 3.8) is 0 Å². The highest BCUT2D eigenvalue weighted by molar-refractivity contribution is 5.82. The van der Waals surface area contributed by atoms with Crippen molar-refractivity contribution >= 4 is 16.6 Å². The predicted octanol–water partition coefficient (Wildman–Crippen LogP) is 4.41. The Morgan fingerprint density at radius 2 is 1.83 bits per heavy atom. The zero-order chi connectivity index (χ0) is 23.8. The van der Waals surface area contributed by atoms with E-state index in [9.17, 15) is 4.79 Å². The summed E-state index contributed by atoms with van der Waals surface area (Å²) in [6.07, 6.45) is 2.01. The molecular weight excluding hydrogens is 436 g/mol. The van der Waals surface area contributed by atoms with Crippen LogP contribution in [-0.4, -0.2) is 31.7 Å². The van der Waals surface area contributed by atoms with Crippen LogP contribution < -0.4 is 10.5 Å². The molecule has 3 aromatic carbocycles. The first-order valence-electron chi connectivity index (χ1n) is 12.0. The lowest BCUT2D eigenvalue weighted by molar-refractivity contribution is 0.555. The van der Waals surface area contributed by atoms with Crippen LogP contribution in [0.1, 0.15) is 40.5 Å². The van der Waals surface area contributed by atoms with Crippen LogP contribution >= 0.6 is 0 Å². The number of benzene rings is 3.